The summed E-state index contributed by atoms with van der Waals surface area (Å²) < 4.78 is 0. The molecule has 3 N–H and O–H groups in total. The molecule has 0 aromatic heterocycles. The van der Waals surface area contributed by atoms with Crippen molar-refractivity contribution in [2.24, 2.45) is 17.3 Å². The Hall–Kier alpha value is -1.10. The molecule has 1 unspecified atom stereocenters. The molecule has 0 aromatic rings. The second-order valence-electron chi connectivity index (χ2n) is 7.15. The molecule has 1 fully saturated rings. The lowest BCUT2D eigenvalue weighted by Gasteiger charge is -2.33. The summed E-state index contributed by atoms with van der Waals surface area (Å²) in [6.45, 7) is 8.17. The van der Waals surface area contributed by atoms with Gasteiger partial charge in [0.2, 0.25) is 11.8 Å². The monoisotopic (exact) mass is 298 g/mol. The minimum Gasteiger partial charge on any atom is -0.392 e. The van der Waals surface area contributed by atoms with E-state index in [2.05, 4.69) is 10.6 Å². The summed E-state index contributed by atoms with van der Waals surface area (Å²) in [6, 6.07) is 0. The molecule has 0 aliphatic heterocycles. The third-order valence-electron chi connectivity index (χ3n) is 4.32. The van der Waals surface area contributed by atoms with Crippen molar-refractivity contribution in [1.82, 2.24) is 10.6 Å². The molecule has 21 heavy (non-hydrogen) atoms. The fraction of sp³-hybridized carbons (Fsp3) is 0.875. The summed E-state index contributed by atoms with van der Waals surface area (Å²) in [7, 11) is 0. The van der Waals surface area contributed by atoms with E-state index >= 15 is 0 Å². The summed E-state index contributed by atoms with van der Waals surface area (Å²) >= 11 is 0. The second-order valence-corrected chi connectivity index (χ2v) is 7.15. The first-order valence-electron chi connectivity index (χ1n) is 7.96. The van der Waals surface area contributed by atoms with Gasteiger partial charge in [-0.3, -0.25) is 9.59 Å². The average Bonchev–Trinajstić information content (AvgIpc) is 2.95. The number of carbonyl (C=O) groups excluding carboxylic acids is 2. The first-order valence-corrected chi connectivity index (χ1v) is 7.96. The Balaban J connectivity index is 2.28. The van der Waals surface area contributed by atoms with Crippen molar-refractivity contribution < 1.29 is 14.7 Å². The van der Waals surface area contributed by atoms with Gasteiger partial charge in [0.1, 0.15) is 0 Å². The van der Waals surface area contributed by atoms with E-state index in [0.29, 0.717) is 6.54 Å². The van der Waals surface area contributed by atoms with Crippen LogP contribution in [0.15, 0.2) is 0 Å². The number of hydrogen-bond donors (Lipinski definition) is 3. The normalized spacial score (nSPS) is 17.8. The van der Waals surface area contributed by atoms with Crippen molar-refractivity contribution in [2.75, 3.05) is 13.1 Å². The standard InChI is InChI=1S/C16H30N2O3/c1-11(2)14(20)16(3,4)10-18-13(19)9-17-15(21)12-7-5-6-8-12/h11-12,14,20H,5-10H2,1-4H3,(H,17,21)(H,18,19). The summed E-state index contributed by atoms with van der Waals surface area (Å²) in [6.07, 6.45) is 3.59. The van der Waals surface area contributed by atoms with E-state index in [1.807, 2.05) is 27.7 Å². The van der Waals surface area contributed by atoms with Gasteiger partial charge in [-0.15, -0.1) is 0 Å². The highest BCUT2D eigenvalue weighted by Crippen LogP contribution is 2.25. The Morgan fingerprint density at radius 1 is 1.19 bits per heavy atom. The van der Waals surface area contributed by atoms with Gasteiger partial charge in [0.05, 0.1) is 12.6 Å². The number of amides is 2. The minimum absolute atomic E-state index is 0.0101. The van der Waals surface area contributed by atoms with Crippen LogP contribution in [0, 0.1) is 17.3 Å². The van der Waals surface area contributed by atoms with Crippen molar-refractivity contribution in [3.8, 4) is 0 Å². The zero-order valence-corrected chi connectivity index (χ0v) is 13.7. The van der Waals surface area contributed by atoms with Crippen LogP contribution in [0.5, 0.6) is 0 Å². The molecular formula is C16H30N2O3. The van der Waals surface area contributed by atoms with Crippen LogP contribution in [-0.2, 0) is 9.59 Å². The molecular weight excluding hydrogens is 268 g/mol. The van der Waals surface area contributed by atoms with Gasteiger partial charge in [0.15, 0.2) is 0 Å². The van der Waals surface area contributed by atoms with E-state index in [0.717, 1.165) is 25.7 Å². The Labute approximate surface area is 127 Å². The van der Waals surface area contributed by atoms with Gasteiger partial charge < -0.3 is 15.7 Å². The topological polar surface area (TPSA) is 78.4 Å². The summed E-state index contributed by atoms with van der Waals surface area (Å²) in [5.74, 6) is 0.00507. The lowest BCUT2D eigenvalue weighted by molar-refractivity contribution is -0.128. The van der Waals surface area contributed by atoms with E-state index < -0.39 is 6.10 Å². The van der Waals surface area contributed by atoms with Crippen LogP contribution in [0.2, 0.25) is 0 Å². The SMILES string of the molecule is CC(C)C(O)C(C)(C)CNC(=O)CNC(=O)C1CCCC1. The van der Waals surface area contributed by atoms with Crippen LogP contribution in [0.25, 0.3) is 0 Å². The van der Waals surface area contributed by atoms with Gasteiger partial charge in [0, 0.05) is 17.9 Å². The maximum absolute atomic E-state index is 11.8. The van der Waals surface area contributed by atoms with E-state index in [1.54, 1.807) is 0 Å². The van der Waals surface area contributed by atoms with E-state index in [1.165, 1.54) is 0 Å². The Bertz CT molecular complexity index is 361. The third kappa shape index (κ3) is 5.65. The van der Waals surface area contributed by atoms with Gasteiger partial charge in [-0.25, -0.2) is 0 Å². The zero-order chi connectivity index (χ0) is 16.0. The first-order chi connectivity index (χ1) is 9.74. The maximum Gasteiger partial charge on any atom is 0.239 e. The number of nitrogens with one attached hydrogen (secondary N) is 2. The summed E-state index contributed by atoms with van der Waals surface area (Å²) in [4.78, 5) is 23.6. The van der Waals surface area contributed by atoms with Crippen molar-refractivity contribution in [1.29, 1.82) is 0 Å². The van der Waals surface area contributed by atoms with E-state index in [-0.39, 0.29) is 35.6 Å². The number of rotatable bonds is 7. The maximum atomic E-state index is 11.8. The molecule has 0 bridgehead atoms. The molecule has 1 atom stereocenters. The van der Waals surface area contributed by atoms with Crippen LogP contribution < -0.4 is 10.6 Å². The molecule has 122 valence electrons. The predicted molar refractivity (Wildman–Crippen MR) is 82.6 cm³/mol. The quantitative estimate of drug-likeness (QED) is 0.665. The number of aliphatic hydroxyl groups excluding tert-OH is 1. The van der Waals surface area contributed by atoms with Crippen molar-refractivity contribution in [3.63, 3.8) is 0 Å². The molecule has 0 heterocycles. The van der Waals surface area contributed by atoms with E-state index in [9.17, 15) is 14.7 Å². The fourth-order valence-corrected chi connectivity index (χ4v) is 2.90. The van der Waals surface area contributed by atoms with Crippen LogP contribution in [-0.4, -0.2) is 36.1 Å². The Morgan fingerprint density at radius 3 is 2.29 bits per heavy atom. The zero-order valence-electron chi connectivity index (χ0n) is 13.7. The Morgan fingerprint density at radius 2 is 1.76 bits per heavy atom. The summed E-state index contributed by atoms with van der Waals surface area (Å²) in [5, 5.41) is 15.6. The van der Waals surface area contributed by atoms with Crippen molar-refractivity contribution in [3.05, 3.63) is 0 Å². The first kappa shape index (κ1) is 18.0. The van der Waals surface area contributed by atoms with Gasteiger partial charge in [0.25, 0.3) is 0 Å². The number of carbonyl (C=O) groups is 2. The molecule has 5 nitrogen and oxygen atoms in total. The Kier molecular flexibility index (Phi) is 6.65. The van der Waals surface area contributed by atoms with Crippen molar-refractivity contribution >= 4 is 11.8 Å². The molecule has 0 radical (unpaired) electrons. The number of hydrogen-bond acceptors (Lipinski definition) is 3. The molecule has 0 saturated heterocycles. The van der Waals surface area contributed by atoms with Crippen molar-refractivity contribution in [2.45, 2.75) is 59.5 Å². The molecule has 1 rings (SSSR count). The van der Waals surface area contributed by atoms with Crippen LogP contribution in [0.1, 0.15) is 53.4 Å². The lowest BCUT2D eigenvalue weighted by Crippen LogP contribution is -2.46. The third-order valence-corrected chi connectivity index (χ3v) is 4.32. The van der Waals surface area contributed by atoms with Crippen LogP contribution in [0.4, 0.5) is 0 Å². The molecule has 1 aliphatic carbocycles. The van der Waals surface area contributed by atoms with Crippen LogP contribution >= 0.6 is 0 Å². The summed E-state index contributed by atoms with van der Waals surface area (Å²) in [5.41, 5.74) is -0.390. The smallest absolute Gasteiger partial charge is 0.239 e. The second kappa shape index (κ2) is 7.78. The van der Waals surface area contributed by atoms with Gasteiger partial charge in [-0.2, -0.15) is 0 Å². The predicted octanol–water partition coefficient (Wildman–Crippen LogP) is 1.45. The fourth-order valence-electron chi connectivity index (χ4n) is 2.90. The van der Waals surface area contributed by atoms with Gasteiger partial charge in [-0.05, 0) is 18.8 Å². The molecule has 0 spiro atoms. The number of aliphatic hydroxyl groups is 1. The molecule has 1 aliphatic rings. The highest BCUT2D eigenvalue weighted by atomic mass is 16.3. The molecule has 2 amide bonds. The van der Waals surface area contributed by atoms with Gasteiger partial charge in [-0.1, -0.05) is 40.5 Å². The highest BCUT2D eigenvalue weighted by Gasteiger charge is 2.30. The van der Waals surface area contributed by atoms with Gasteiger partial charge >= 0.3 is 0 Å². The molecule has 5 heteroatoms. The molecule has 0 aromatic carbocycles. The largest absolute Gasteiger partial charge is 0.392 e. The molecule has 1 saturated carbocycles. The average molecular weight is 298 g/mol. The lowest BCUT2D eigenvalue weighted by atomic mass is 9.81. The minimum atomic E-state index is -0.481. The van der Waals surface area contributed by atoms with Crippen LogP contribution in [0.3, 0.4) is 0 Å². The van der Waals surface area contributed by atoms with E-state index in [4.69, 9.17) is 0 Å². The highest BCUT2D eigenvalue weighted by molar-refractivity contribution is 5.85.